The van der Waals surface area contributed by atoms with Crippen LogP contribution in [0.3, 0.4) is 0 Å². The zero-order valence-electron chi connectivity index (χ0n) is 14.0. The lowest BCUT2D eigenvalue weighted by atomic mass is 10.0. The molecule has 2 N–H and O–H groups in total. The fraction of sp³-hybridized carbons (Fsp3) is 0.688. The number of hydrogen-bond donors (Lipinski definition) is 2. The third kappa shape index (κ3) is 4.17. The summed E-state index contributed by atoms with van der Waals surface area (Å²) in [6.45, 7) is 8.32. The molecule has 0 unspecified atom stereocenters. The molecule has 0 aliphatic carbocycles. The zero-order chi connectivity index (χ0) is 16.4. The van der Waals surface area contributed by atoms with E-state index in [1.54, 1.807) is 0 Å². The van der Waals surface area contributed by atoms with E-state index in [1.807, 2.05) is 13.0 Å². The van der Waals surface area contributed by atoms with Gasteiger partial charge < -0.3 is 9.63 Å². The molecule has 0 aromatic carbocycles. The predicted octanol–water partition coefficient (Wildman–Crippen LogP) is 1.34. The molecule has 1 aliphatic heterocycles. The predicted molar refractivity (Wildman–Crippen MR) is 84.6 cm³/mol. The smallest absolute Gasteiger partial charge is 0.226 e. The van der Waals surface area contributed by atoms with Crippen LogP contribution in [0.4, 0.5) is 0 Å². The first-order valence-electron chi connectivity index (χ1n) is 8.22. The third-order valence-electron chi connectivity index (χ3n) is 4.17. The molecule has 0 amide bonds. The van der Waals surface area contributed by atoms with E-state index in [0.717, 1.165) is 30.8 Å². The Morgan fingerprint density at radius 3 is 2.96 bits per heavy atom. The monoisotopic (exact) mass is 319 g/mol. The molecule has 7 nitrogen and oxygen atoms in total. The zero-order valence-corrected chi connectivity index (χ0v) is 14.0. The molecule has 0 radical (unpaired) electrons. The summed E-state index contributed by atoms with van der Waals surface area (Å²) in [6, 6.07) is 2.03. The highest BCUT2D eigenvalue weighted by molar-refractivity contribution is 5.08. The molecule has 23 heavy (non-hydrogen) atoms. The molecule has 1 aliphatic rings. The van der Waals surface area contributed by atoms with E-state index in [1.165, 1.54) is 0 Å². The van der Waals surface area contributed by atoms with Crippen molar-refractivity contribution in [1.29, 1.82) is 0 Å². The molecule has 3 heterocycles. The number of aromatic nitrogens is 4. The number of nitrogens with zero attached hydrogens (tertiary/aromatic N) is 4. The first-order chi connectivity index (χ1) is 11.0. The van der Waals surface area contributed by atoms with Crippen molar-refractivity contribution in [3.8, 4) is 0 Å². The Labute approximate surface area is 136 Å². The van der Waals surface area contributed by atoms with Crippen LogP contribution < -0.4 is 0 Å². The summed E-state index contributed by atoms with van der Waals surface area (Å²) in [5.41, 5.74) is 2.06. The molecular weight excluding hydrogens is 294 g/mol. The van der Waals surface area contributed by atoms with Crippen LogP contribution in [0.2, 0.25) is 0 Å². The fourth-order valence-corrected chi connectivity index (χ4v) is 3.11. The number of likely N-dealkylation sites (tertiary alicyclic amines) is 1. The molecule has 0 bridgehead atoms. The molecule has 2 aromatic rings. The molecule has 2 aromatic heterocycles. The maximum absolute atomic E-state index is 10.3. The first-order valence-corrected chi connectivity index (χ1v) is 8.22. The SMILES string of the molecule is Cc1cc(C[C@@H]2CN(Cc3noc(CC(C)C)n3)C[C@@H]2O)n[nH]1. The average Bonchev–Trinajstić information content (AvgIpc) is 3.14. The second-order valence-corrected chi connectivity index (χ2v) is 6.97. The van der Waals surface area contributed by atoms with Gasteiger partial charge in [-0.05, 0) is 25.3 Å². The van der Waals surface area contributed by atoms with Gasteiger partial charge in [0.25, 0.3) is 0 Å². The highest BCUT2D eigenvalue weighted by Crippen LogP contribution is 2.22. The number of rotatable bonds is 6. The van der Waals surface area contributed by atoms with Crippen molar-refractivity contribution in [3.63, 3.8) is 0 Å². The number of aryl methyl sites for hydroxylation is 1. The quantitative estimate of drug-likeness (QED) is 0.835. The summed E-state index contributed by atoms with van der Waals surface area (Å²) < 4.78 is 5.27. The van der Waals surface area contributed by atoms with Crippen molar-refractivity contribution in [3.05, 3.63) is 29.2 Å². The molecule has 2 atom stereocenters. The van der Waals surface area contributed by atoms with Crippen molar-refractivity contribution in [2.24, 2.45) is 11.8 Å². The third-order valence-corrected chi connectivity index (χ3v) is 4.17. The minimum atomic E-state index is -0.339. The van der Waals surface area contributed by atoms with Gasteiger partial charge in [-0.25, -0.2) is 0 Å². The van der Waals surface area contributed by atoms with Crippen molar-refractivity contribution in [1.82, 2.24) is 25.2 Å². The van der Waals surface area contributed by atoms with Crippen LogP contribution in [0.1, 0.15) is 37.0 Å². The van der Waals surface area contributed by atoms with Crippen LogP contribution in [-0.2, 0) is 19.4 Å². The summed E-state index contributed by atoms with van der Waals surface area (Å²) in [6.07, 6.45) is 1.25. The van der Waals surface area contributed by atoms with Gasteiger partial charge >= 0.3 is 0 Å². The van der Waals surface area contributed by atoms with Crippen LogP contribution in [0.5, 0.6) is 0 Å². The van der Waals surface area contributed by atoms with Crippen molar-refractivity contribution in [2.45, 2.75) is 46.3 Å². The van der Waals surface area contributed by atoms with E-state index in [0.29, 0.717) is 30.7 Å². The number of nitrogens with one attached hydrogen (secondary N) is 1. The highest BCUT2D eigenvalue weighted by atomic mass is 16.5. The van der Waals surface area contributed by atoms with Crippen molar-refractivity contribution in [2.75, 3.05) is 13.1 Å². The van der Waals surface area contributed by atoms with Gasteiger partial charge in [-0.2, -0.15) is 10.1 Å². The van der Waals surface area contributed by atoms with Gasteiger partial charge in [0.15, 0.2) is 5.82 Å². The first kappa shape index (κ1) is 16.1. The van der Waals surface area contributed by atoms with Crippen LogP contribution in [-0.4, -0.2) is 49.5 Å². The van der Waals surface area contributed by atoms with Gasteiger partial charge in [0.2, 0.25) is 5.89 Å². The van der Waals surface area contributed by atoms with Gasteiger partial charge in [0.05, 0.1) is 18.3 Å². The molecule has 7 heteroatoms. The Morgan fingerprint density at radius 1 is 1.43 bits per heavy atom. The number of aliphatic hydroxyl groups excluding tert-OH is 1. The second kappa shape index (κ2) is 6.80. The van der Waals surface area contributed by atoms with E-state index < -0.39 is 0 Å². The molecular formula is C16H25N5O2. The summed E-state index contributed by atoms with van der Waals surface area (Å²) in [5.74, 6) is 2.08. The summed E-state index contributed by atoms with van der Waals surface area (Å²) in [7, 11) is 0. The molecule has 0 saturated carbocycles. The van der Waals surface area contributed by atoms with E-state index in [9.17, 15) is 5.11 Å². The van der Waals surface area contributed by atoms with Crippen LogP contribution >= 0.6 is 0 Å². The lowest BCUT2D eigenvalue weighted by Gasteiger charge is -2.12. The number of hydrogen-bond acceptors (Lipinski definition) is 6. The Hall–Kier alpha value is -1.73. The molecule has 1 saturated heterocycles. The summed E-state index contributed by atoms with van der Waals surface area (Å²) in [4.78, 5) is 6.61. The average molecular weight is 319 g/mol. The summed E-state index contributed by atoms with van der Waals surface area (Å²) >= 11 is 0. The van der Waals surface area contributed by atoms with E-state index >= 15 is 0 Å². The standard InChI is InChI=1S/C16H25N5O2/c1-10(2)4-16-17-15(20-23-16)9-21-7-12(14(22)8-21)6-13-5-11(3)18-19-13/h5,10,12,14,22H,4,6-9H2,1-3H3,(H,18,19)/t12-,14+/m1/s1. The number of H-pyrrole nitrogens is 1. The number of aromatic amines is 1. The van der Waals surface area contributed by atoms with Gasteiger partial charge in [-0.1, -0.05) is 19.0 Å². The van der Waals surface area contributed by atoms with E-state index in [4.69, 9.17) is 4.52 Å². The largest absolute Gasteiger partial charge is 0.391 e. The number of aliphatic hydroxyl groups is 1. The van der Waals surface area contributed by atoms with Crippen LogP contribution in [0, 0.1) is 18.8 Å². The van der Waals surface area contributed by atoms with Crippen molar-refractivity contribution < 1.29 is 9.63 Å². The highest BCUT2D eigenvalue weighted by Gasteiger charge is 2.32. The minimum Gasteiger partial charge on any atom is -0.391 e. The molecule has 0 spiro atoms. The van der Waals surface area contributed by atoms with Gasteiger partial charge in [0.1, 0.15) is 0 Å². The second-order valence-electron chi connectivity index (χ2n) is 6.97. The number of β-amino-alcohol motifs (C(OH)–C–C–N with tert-alkyl or cyclic N) is 1. The Kier molecular flexibility index (Phi) is 4.77. The Morgan fingerprint density at radius 2 is 2.26 bits per heavy atom. The normalized spacial score (nSPS) is 22.3. The summed E-state index contributed by atoms with van der Waals surface area (Å²) in [5, 5.41) is 21.5. The lowest BCUT2D eigenvalue weighted by Crippen LogP contribution is -2.22. The van der Waals surface area contributed by atoms with Gasteiger partial charge in [-0.3, -0.25) is 10.00 Å². The fourth-order valence-electron chi connectivity index (χ4n) is 3.11. The maximum Gasteiger partial charge on any atom is 0.226 e. The Bertz CT molecular complexity index is 636. The lowest BCUT2D eigenvalue weighted by molar-refractivity contribution is 0.140. The van der Waals surface area contributed by atoms with Crippen LogP contribution in [0.15, 0.2) is 10.6 Å². The van der Waals surface area contributed by atoms with Crippen molar-refractivity contribution >= 4 is 0 Å². The molecule has 126 valence electrons. The van der Waals surface area contributed by atoms with E-state index in [-0.39, 0.29) is 12.0 Å². The van der Waals surface area contributed by atoms with Gasteiger partial charge in [-0.15, -0.1) is 0 Å². The minimum absolute atomic E-state index is 0.194. The van der Waals surface area contributed by atoms with Crippen LogP contribution in [0.25, 0.3) is 0 Å². The molecule has 1 fully saturated rings. The Balaban J connectivity index is 1.54. The molecule has 3 rings (SSSR count). The maximum atomic E-state index is 10.3. The van der Waals surface area contributed by atoms with Gasteiger partial charge in [0, 0.05) is 31.1 Å². The van der Waals surface area contributed by atoms with E-state index in [2.05, 4.69) is 39.1 Å². The topological polar surface area (TPSA) is 91.1 Å².